The zero-order valence-electron chi connectivity index (χ0n) is 15.1. The second kappa shape index (κ2) is 7.03. The molecule has 1 aromatic carbocycles. The quantitative estimate of drug-likeness (QED) is 0.727. The van der Waals surface area contributed by atoms with Crippen molar-refractivity contribution in [3.63, 3.8) is 0 Å². The van der Waals surface area contributed by atoms with E-state index in [1.54, 1.807) is 0 Å². The maximum atomic E-state index is 4.64. The molecule has 4 rings (SSSR count). The summed E-state index contributed by atoms with van der Waals surface area (Å²) in [6, 6.07) is 14.3. The zero-order chi connectivity index (χ0) is 18.0. The highest BCUT2D eigenvalue weighted by Crippen LogP contribution is 2.33. The summed E-state index contributed by atoms with van der Waals surface area (Å²) in [5, 5.41) is 4.37. The van der Waals surface area contributed by atoms with Crippen LogP contribution >= 0.6 is 11.5 Å². The molecule has 0 radical (unpaired) electrons. The number of aryl methyl sites for hydroxylation is 1. The van der Waals surface area contributed by atoms with Crippen molar-refractivity contribution in [1.82, 2.24) is 14.3 Å². The van der Waals surface area contributed by atoms with Gasteiger partial charge in [-0.1, -0.05) is 36.4 Å². The molecule has 1 N–H and O–H groups in total. The Morgan fingerprint density at radius 2 is 2.04 bits per heavy atom. The van der Waals surface area contributed by atoms with Gasteiger partial charge in [-0.25, -0.2) is 4.98 Å². The first kappa shape index (κ1) is 17.0. The third kappa shape index (κ3) is 3.42. The zero-order valence-corrected chi connectivity index (χ0v) is 16.0. The summed E-state index contributed by atoms with van der Waals surface area (Å²) in [6.07, 6.45) is 4.26. The molecule has 0 amide bonds. The number of rotatable bonds is 5. The maximum Gasteiger partial charge on any atom is 0.202 e. The van der Waals surface area contributed by atoms with Gasteiger partial charge < -0.3 is 10.2 Å². The minimum Gasteiger partial charge on any atom is -0.358 e. The van der Waals surface area contributed by atoms with E-state index in [9.17, 15) is 0 Å². The summed E-state index contributed by atoms with van der Waals surface area (Å²) in [6.45, 7) is 6.24. The lowest BCUT2D eigenvalue weighted by Crippen LogP contribution is -2.47. The van der Waals surface area contributed by atoms with Gasteiger partial charge in [0.15, 0.2) is 5.82 Å². The Morgan fingerprint density at radius 3 is 2.81 bits per heavy atom. The summed E-state index contributed by atoms with van der Waals surface area (Å²) in [7, 11) is 0. The van der Waals surface area contributed by atoms with Gasteiger partial charge in [-0.3, -0.25) is 0 Å². The number of benzene rings is 1. The van der Waals surface area contributed by atoms with Crippen LogP contribution in [0.3, 0.4) is 0 Å². The Bertz CT molecular complexity index is 861. The van der Waals surface area contributed by atoms with Crippen LogP contribution in [-0.2, 0) is 0 Å². The van der Waals surface area contributed by atoms with Crippen molar-refractivity contribution in [2.45, 2.75) is 32.2 Å². The van der Waals surface area contributed by atoms with Crippen molar-refractivity contribution in [2.24, 2.45) is 0 Å². The second-order valence-electron chi connectivity index (χ2n) is 7.09. The summed E-state index contributed by atoms with van der Waals surface area (Å²) >= 11 is 1.42. The monoisotopic (exact) mass is 365 g/mol. The molecule has 0 aliphatic carbocycles. The normalized spacial score (nSPS) is 19.7. The van der Waals surface area contributed by atoms with E-state index >= 15 is 0 Å². The van der Waals surface area contributed by atoms with Crippen LogP contribution in [0, 0.1) is 6.92 Å². The molecular weight excluding hydrogens is 342 g/mol. The van der Waals surface area contributed by atoms with Gasteiger partial charge in [-0.2, -0.15) is 9.36 Å². The van der Waals surface area contributed by atoms with Crippen LogP contribution in [0.4, 0.5) is 10.9 Å². The number of anilines is 2. The molecule has 1 saturated heterocycles. The van der Waals surface area contributed by atoms with Crippen LogP contribution in [0.5, 0.6) is 0 Å². The highest BCUT2D eigenvalue weighted by atomic mass is 32.1. The fourth-order valence-electron chi connectivity index (χ4n) is 3.48. The second-order valence-corrected chi connectivity index (χ2v) is 7.84. The first-order chi connectivity index (χ1) is 12.6. The molecule has 1 unspecified atom stereocenters. The largest absolute Gasteiger partial charge is 0.358 e. The topological polar surface area (TPSA) is 53.9 Å². The van der Waals surface area contributed by atoms with E-state index in [0.717, 1.165) is 41.8 Å². The van der Waals surface area contributed by atoms with Crippen LogP contribution < -0.4 is 10.2 Å². The number of nitrogens with zero attached hydrogens (tertiary/aromatic N) is 4. The number of aromatic nitrogens is 3. The summed E-state index contributed by atoms with van der Waals surface area (Å²) in [4.78, 5) is 11.7. The summed E-state index contributed by atoms with van der Waals surface area (Å²) < 4.78 is 4.48. The Labute approximate surface area is 158 Å². The van der Waals surface area contributed by atoms with Crippen molar-refractivity contribution in [2.75, 3.05) is 23.3 Å². The van der Waals surface area contributed by atoms with E-state index in [2.05, 4.69) is 50.5 Å². The van der Waals surface area contributed by atoms with Crippen molar-refractivity contribution >= 4 is 22.5 Å². The molecule has 1 atom stereocenters. The fourth-order valence-corrected chi connectivity index (χ4v) is 4.07. The number of hydrogen-bond donors (Lipinski definition) is 1. The molecule has 3 aromatic rings. The average Bonchev–Trinajstić information content (AvgIpc) is 3.29. The van der Waals surface area contributed by atoms with Gasteiger partial charge in [0.1, 0.15) is 5.82 Å². The van der Waals surface area contributed by atoms with Crippen molar-refractivity contribution in [1.29, 1.82) is 0 Å². The van der Waals surface area contributed by atoms with Gasteiger partial charge in [-0.15, -0.1) is 0 Å². The minimum absolute atomic E-state index is 0.0286. The van der Waals surface area contributed by atoms with Crippen molar-refractivity contribution in [3.8, 4) is 11.4 Å². The highest BCUT2D eigenvalue weighted by molar-refractivity contribution is 7.09. The first-order valence-electron chi connectivity index (χ1n) is 8.97. The van der Waals surface area contributed by atoms with Gasteiger partial charge in [0, 0.05) is 36.4 Å². The Kier molecular flexibility index (Phi) is 4.59. The Hall–Kier alpha value is -2.47. The van der Waals surface area contributed by atoms with E-state index in [1.807, 2.05) is 36.5 Å². The maximum absolute atomic E-state index is 4.64. The molecule has 3 heterocycles. The van der Waals surface area contributed by atoms with E-state index in [-0.39, 0.29) is 5.54 Å². The van der Waals surface area contributed by atoms with E-state index in [0.29, 0.717) is 0 Å². The molecule has 0 bridgehead atoms. The predicted octanol–water partition coefficient (Wildman–Crippen LogP) is 4.38. The molecule has 1 fully saturated rings. The SMILES string of the molecule is Cc1ccc(N2CCCC2(C)CNc2nc(-c3ccccc3)ns2)nc1. The van der Waals surface area contributed by atoms with Crippen molar-refractivity contribution in [3.05, 3.63) is 54.2 Å². The molecule has 5 nitrogen and oxygen atoms in total. The van der Waals surface area contributed by atoms with E-state index in [1.165, 1.54) is 23.5 Å². The smallest absolute Gasteiger partial charge is 0.202 e. The Balaban J connectivity index is 1.46. The molecule has 0 saturated carbocycles. The van der Waals surface area contributed by atoms with Crippen LogP contribution in [-0.4, -0.2) is 33.0 Å². The molecule has 134 valence electrons. The van der Waals surface area contributed by atoms with Gasteiger partial charge >= 0.3 is 0 Å². The third-order valence-electron chi connectivity index (χ3n) is 5.00. The van der Waals surface area contributed by atoms with Crippen LogP contribution in [0.15, 0.2) is 48.7 Å². The van der Waals surface area contributed by atoms with Crippen molar-refractivity contribution < 1.29 is 0 Å². The predicted molar refractivity (Wildman–Crippen MR) is 108 cm³/mol. The van der Waals surface area contributed by atoms with Gasteiger partial charge in [-0.05, 0) is 38.3 Å². The molecular formula is C20H23N5S. The molecule has 2 aromatic heterocycles. The molecule has 26 heavy (non-hydrogen) atoms. The van der Waals surface area contributed by atoms with Gasteiger partial charge in [0.2, 0.25) is 5.13 Å². The lowest BCUT2D eigenvalue weighted by Gasteiger charge is -2.36. The summed E-state index contributed by atoms with van der Waals surface area (Å²) in [5.74, 6) is 1.84. The van der Waals surface area contributed by atoms with Crippen LogP contribution in [0.1, 0.15) is 25.3 Å². The van der Waals surface area contributed by atoms with E-state index < -0.39 is 0 Å². The first-order valence-corrected chi connectivity index (χ1v) is 9.75. The van der Waals surface area contributed by atoms with Crippen LogP contribution in [0.2, 0.25) is 0 Å². The molecule has 1 aliphatic heterocycles. The Morgan fingerprint density at radius 1 is 1.19 bits per heavy atom. The van der Waals surface area contributed by atoms with Gasteiger partial charge in [0.05, 0.1) is 5.54 Å². The lowest BCUT2D eigenvalue weighted by molar-refractivity contribution is 0.490. The molecule has 0 spiro atoms. The fraction of sp³-hybridized carbons (Fsp3) is 0.350. The molecule has 6 heteroatoms. The summed E-state index contributed by atoms with van der Waals surface area (Å²) in [5.41, 5.74) is 2.27. The highest BCUT2D eigenvalue weighted by Gasteiger charge is 2.37. The standard InChI is InChI=1S/C20H23N5S/c1-15-9-10-17(21-13-15)25-12-6-11-20(25,2)14-22-19-23-18(24-26-19)16-7-4-3-5-8-16/h3-5,7-10,13H,6,11-12,14H2,1-2H3,(H,22,23,24). The van der Waals surface area contributed by atoms with E-state index in [4.69, 9.17) is 0 Å². The number of hydrogen-bond acceptors (Lipinski definition) is 6. The third-order valence-corrected chi connectivity index (χ3v) is 5.67. The van der Waals surface area contributed by atoms with Gasteiger partial charge in [0.25, 0.3) is 0 Å². The lowest BCUT2D eigenvalue weighted by atomic mass is 9.99. The number of pyridine rings is 1. The molecule has 1 aliphatic rings. The minimum atomic E-state index is 0.0286. The number of nitrogens with one attached hydrogen (secondary N) is 1. The van der Waals surface area contributed by atoms with Crippen LogP contribution in [0.25, 0.3) is 11.4 Å². The average molecular weight is 366 g/mol.